The zero-order valence-corrected chi connectivity index (χ0v) is 7.83. The topological polar surface area (TPSA) is 48.4 Å². The van der Waals surface area contributed by atoms with Gasteiger partial charge in [0.2, 0.25) is 0 Å². The maximum atomic E-state index is 11.1. The third-order valence-electron chi connectivity index (χ3n) is 1.63. The zero-order valence-electron chi connectivity index (χ0n) is 7.83. The molecule has 13 heavy (non-hydrogen) atoms. The fourth-order valence-electron chi connectivity index (χ4n) is 1.04. The molecule has 0 amide bonds. The Hall–Kier alpha value is -1.58. The number of carbonyl (C=O) groups excluding carboxylic acids is 1. The molecule has 1 aromatic heterocycles. The smallest absolute Gasteiger partial charge is 0.190 e. The Bertz CT molecular complexity index is 323. The number of carbonyl (C=O) groups is 1. The van der Waals surface area contributed by atoms with Crippen molar-refractivity contribution in [2.24, 2.45) is 0 Å². The van der Waals surface area contributed by atoms with E-state index in [9.17, 15) is 4.79 Å². The highest BCUT2D eigenvalue weighted by atomic mass is 16.5. The lowest BCUT2D eigenvalue weighted by Crippen LogP contribution is -2.02. The van der Waals surface area contributed by atoms with Crippen molar-refractivity contribution in [3.05, 3.63) is 18.0 Å². The third-order valence-corrected chi connectivity index (χ3v) is 1.63. The molecule has 0 aliphatic carbocycles. The van der Waals surface area contributed by atoms with Crippen molar-refractivity contribution >= 4 is 5.78 Å². The highest BCUT2D eigenvalue weighted by Crippen LogP contribution is 2.28. The lowest BCUT2D eigenvalue weighted by Gasteiger charge is -2.08. The van der Waals surface area contributed by atoms with E-state index in [-0.39, 0.29) is 5.78 Å². The summed E-state index contributed by atoms with van der Waals surface area (Å²) in [4.78, 5) is 15.0. The van der Waals surface area contributed by atoms with Gasteiger partial charge in [-0.05, 0) is 0 Å². The van der Waals surface area contributed by atoms with Crippen LogP contribution in [0.25, 0.3) is 0 Å². The summed E-state index contributed by atoms with van der Waals surface area (Å²) in [5.74, 6) is 0.760. The molecular weight excluding hydrogens is 170 g/mol. The van der Waals surface area contributed by atoms with Gasteiger partial charge in [-0.3, -0.25) is 4.79 Å². The standard InChI is InChI=1S/C9H11NO3/c1-6(11)8-9(13-3)7(12-2)4-5-10-8/h4-5H,1-3H3. The molecule has 0 bridgehead atoms. The first-order chi connectivity index (χ1) is 6.20. The van der Waals surface area contributed by atoms with E-state index in [4.69, 9.17) is 9.47 Å². The van der Waals surface area contributed by atoms with E-state index in [0.29, 0.717) is 17.2 Å². The Morgan fingerprint density at radius 3 is 2.54 bits per heavy atom. The van der Waals surface area contributed by atoms with Crippen molar-refractivity contribution in [3.8, 4) is 11.5 Å². The maximum absolute atomic E-state index is 11.1. The molecule has 0 radical (unpaired) electrons. The zero-order chi connectivity index (χ0) is 9.84. The van der Waals surface area contributed by atoms with Gasteiger partial charge in [0.05, 0.1) is 14.2 Å². The molecule has 4 heteroatoms. The van der Waals surface area contributed by atoms with Crippen LogP contribution in [0.1, 0.15) is 17.4 Å². The quantitative estimate of drug-likeness (QED) is 0.659. The van der Waals surface area contributed by atoms with Gasteiger partial charge in [0.1, 0.15) is 0 Å². The number of methoxy groups -OCH3 is 2. The molecule has 0 spiro atoms. The van der Waals surface area contributed by atoms with Crippen LogP contribution in [0.15, 0.2) is 12.3 Å². The molecule has 0 aliphatic rings. The van der Waals surface area contributed by atoms with Crippen LogP contribution in [-0.2, 0) is 0 Å². The van der Waals surface area contributed by atoms with E-state index in [2.05, 4.69) is 4.98 Å². The Balaban J connectivity index is 3.27. The molecule has 0 saturated carbocycles. The van der Waals surface area contributed by atoms with Crippen molar-refractivity contribution in [1.82, 2.24) is 4.98 Å². The molecule has 0 atom stereocenters. The SMILES string of the molecule is COc1ccnc(C(C)=O)c1OC. The van der Waals surface area contributed by atoms with Crippen LogP contribution in [-0.4, -0.2) is 25.0 Å². The van der Waals surface area contributed by atoms with E-state index >= 15 is 0 Å². The predicted octanol–water partition coefficient (Wildman–Crippen LogP) is 1.30. The Morgan fingerprint density at radius 1 is 1.38 bits per heavy atom. The van der Waals surface area contributed by atoms with Crippen molar-refractivity contribution in [2.75, 3.05) is 14.2 Å². The van der Waals surface area contributed by atoms with E-state index in [1.165, 1.54) is 27.3 Å². The van der Waals surface area contributed by atoms with Gasteiger partial charge >= 0.3 is 0 Å². The molecular formula is C9H11NO3. The van der Waals surface area contributed by atoms with Crippen LogP contribution >= 0.6 is 0 Å². The maximum Gasteiger partial charge on any atom is 0.190 e. The van der Waals surface area contributed by atoms with Crippen LogP contribution in [0.2, 0.25) is 0 Å². The highest BCUT2D eigenvalue weighted by Gasteiger charge is 2.13. The fraction of sp³-hybridized carbons (Fsp3) is 0.333. The van der Waals surface area contributed by atoms with E-state index < -0.39 is 0 Å². The molecule has 1 rings (SSSR count). The summed E-state index contributed by atoms with van der Waals surface area (Å²) >= 11 is 0. The number of aromatic nitrogens is 1. The number of Topliss-reactive ketones (excluding diaryl/α,β-unsaturated/α-hetero) is 1. The minimum Gasteiger partial charge on any atom is -0.493 e. The first-order valence-corrected chi connectivity index (χ1v) is 3.78. The Kier molecular flexibility index (Phi) is 2.84. The molecule has 0 aromatic carbocycles. The predicted molar refractivity (Wildman–Crippen MR) is 47.3 cm³/mol. The normalized spacial score (nSPS) is 9.46. The molecule has 0 fully saturated rings. The lowest BCUT2D eigenvalue weighted by molar-refractivity contribution is 0.100. The van der Waals surface area contributed by atoms with Crippen molar-refractivity contribution < 1.29 is 14.3 Å². The summed E-state index contributed by atoms with van der Waals surface area (Å²) in [6, 6.07) is 1.64. The van der Waals surface area contributed by atoms with Crippen LogP contribution in [0.4, 0.5) is 0 Å². The summed E-state index contributed by atoms with van der Waals surface area (Å²) in [5, 5.41) is 0. The van der Waals surface area contributed by atoms with E-state index in [1.807, 2.05) is 0 Å². The van der Waals surface area contributed by atoms with Crippen molar-refractivity contribution in [1.29, 1.82) is 0 Å². The molecule has 0 aliphatic heterocycles. The number of hydrogen-bond acceptors (Lipinski definition) is 4. The van der Waals surface area contributed by atoms with Gasteiger partial charge in [-0.25, -0.2) is 4.98 Å². The van der Waals surface area contributed by atoms with Crippen molar-refractivity contribution in [2.45, 2.75) is 6.92 Å². The number of nitrogens with zero attached hydrogens (tertiary/aromatic N) is 1. The Morgan fingerprint density at radius 2 is 2.08 bits per heavy atom. The van der Waals surface area contributed by atoms with Gasteiger partial charge in [0.25, 0.3) is 0 Å². The molecule has 1 aromatic rings. The monoisotopic (exact) mass is 181 g/mol. The van der Waals surface area contributed by atoms with Gasteiger partial charge < -0.3 is 9.47 Å². The van der Waals surface area contributed by atoms with Gasteiger partial charge in [-0.15, -0.1) is 0 Å². The number of pyridine rings is 1. The summed E-state index contributed by atoms with van der Waals surface area (Å²) in [7, 11) is 2.99. The molecule has 0 unspecified atom stereocenters. The number of ketones is 1. The number of ether oxygens (including phenoxy) is 2. The van der Waals surface area contributed by atoms with E-state index in [0.717, 1.165) is 0 Å². The number of hydrogen-bond donors (Lipinski definition) is 0. The molecule has 1 heterocycles. The van der Waals surface area contributed by atoms with Crippen LogP contribution in [0.3, 0.4) is 0 Å². The molecule has 0 saturated heterocycles. The first-order valence-electron chi connectivity index (χ1n) is 3.78. The number of rotatable bonds is 3. The second-order valence-corrected chi connectivity index (χ2v) is 2.45. The lowest BCUT2D eigenvalue weighted by atomic mass is 10.2. The van der Waals surface area contributed by atoms with Gasteiger partial charge in [0.15, 0.2) is 23.0 Å². The fourth-order valence-corrected chi connectivity index (χ4v) is 1.04. The molecule has 70 valence electrons. The average molecular weight is 181 g/mol. The summed E-state index contributed by atoms with van der Waals surface area (Å²) in [5.41, 5.74) is 0.293. The van der Waals surface area contributed by atoms with Crippen molar-refractivity contribution in [3.63, 3.8) is 0 Å². The largest absolute Gasteiger partial charge is 0.493 e. The second kappa shape index (κ2) is 3.89. The van der Waals surface area contributed by atoms with Gasteiger partial charge in [-0.1, -0.05) is 0 Å². The second-order valence-electron chi connectivity index (χ2n) is 2.45. The Labute approximate surface area is 76.5 Å². The summed E-state index contributed by atoms with van der Waals surface area (Å²) < 4.78 is 10.0. The van der Waals surface area contributed by atoms with Crippen LogP contribution in [0, 0.1) is 0 Å². The average Bonchev–Trinajstić information content (AvgIpc) is 2.16. The summed E-state index contributed by atoms with van der Waals surface area (Å²) in [6.07, 6.45) is 1.51. The van der Waals surface area contributed by atoms with Gasteiger partial charge in [0, 0.05) is 19.2 Å². The van der Waals surface area contributed by atoms with Gasteiger partial charge in [-0.2, -0.15) is 0 Å². The van der Waals surface area contributed by atoms with Crippen LogP contribution in [0.5, 0.6) is 11.5 Å². The first kappa shape index (κ1) is 9.51. The minimum atomic E-state index is -0.143. The molecule has 4 nitrogen and oxygen atoms in total. The summed E-state index contributed by atoms with van der Waals surface area (Å²) in [6.45, 7) is 1.43. The highest BCUT2D eigenvalue weighted by molar-refractivity contribution is 5.95. The third kappa shape index (κ3) is 1.77. The molecule has 0 N–H and O–H groups in total. The van der Waals surface area contributed by atoms with Crippen LogP contribution < -0.4 is 9.47 Å². The minimum absolute atomic E-state index is 0.143. The van der Waals surface area contributed by atoms with E-state index in [1.54, 1.807) is 6.07 Å².